The van der Waals surface area contributed by atoms with E-state index in [2.05, 4.69) is 5.32 Å². The Kier molecular flexibility index (Phi) is 5.10. The van der Waals surface area contributed by atoms with Crippen molar-refractivity contribution in [3.8, 4) is 0 Å². The van der Waals surface area contributed by atoms with Gasteiger partial charge in [0.25, 0.3) is 5.91 Å². The van der Waals surface area contributed by atoms with E-state index < -0.39 is 17.7 Å². The second-order valence-corrected chi connectivity index (χ2v) is 3.54. The summed E-state index contributed by atoms with van der Waals surface area (Å²) in [5.74, 6) is -1.46. The number of hydrogen-bond acceptors (Lipinski definition) is 4. The number of carbonyl (C=O) groups is 2. The van der Waals surface area contributed by atoms with Crippen LogP contribution in [-0.4, -0.2) is 25.0 Å². The van der Waals surface area contributed by atoms with Crippen molar-refractivity contribution in [2.75, 3.05) is 18.9 Å². The number of halogens is 1. The smallest absolute Gasteiger partial charge is 0.307 e. The Morgan fingerprint density at radius 1 is 1.44 bits per heavy atom. The Labute approximate surface area is 104 Å². The number of esters is 1. The van der Waals surface area contributed by atoms with Crippen molar-refractivity contribution in [3.63, 3.8) is 0 Å². The van der Waals surface area contributed by atoms with Crippen molar-refractivity contribution in [2.24, 2.45) is 0 Å². The van der Waals surface area contributed by atoms with Crippen LogP contribution in [0.3, 0.4) is 0 Å². The molecule has 0 aliphatic rings. The molecule has 0 bridgehead atoms. The summed E-state index contributed by atoms with van der Waals surface area (Å²) in [5, 5.41) is 2.47. The molecule has 1 rings (SSSR count). The fourth-order valence-electron chi connectivity index (χ4n) is 1.33. The van der Waals surface area contributed by atoms with E-state index in [4.69, 9.17) is 10.5 Å². The normalized spacial score (nSPS) is 9.89. The number of hydrogen-bond donors (Lipinski definition) is 2. The monoisotopic (exact) mass is 254 g/mol. The number of nitrogen functional groups attached to an aromatic ring is 1. The molecular formula is C12H15FN2O3. The molecule has 98 valence electrons. The number of nitrogens with one attached hydrogen (secondary N) is 1. The molecule has 0 radical (unpaired) electrons. The van der Waals surface area contributed by atoms with E-state index in [9.17, 15) is 14.0 Å². The summed E-state index contributed by atoms with van der Waals surface area (Å²) in [6.07, 6.45) is 0.0643. The summed E-state index contributed by atoms with van der Waals surface area (Å²) in [5.41, 5.74) is 5.79. The largest absolute Gasteiger partial charge is 0.466 e. The van der Waals surface area contributed by atoms with E-state index in [-0.39, 0.29) is 24.2 Å². The van der Waals surface area contributed by atoms with Crippen LogP contribution >= 0.6 is 0 Å². The van der Waals surface area contributed by atoms with Crippen molar-refractivity contribution in [1.29, 1.82) is 0 Å². The molecule has 0 saturated heterocycles. The molecule has 6 heteroatoms. The van der Waals surface area contributed by atoms with Crippen LogP contribution in [0.25, 0.3) is 0 Å². The van der Waals surface area contributed by atoms with Crippen LogP contribution in [0.15, 0.2) is 18.2 Å². The van der Waals surface area contributed by atoms with Crippen LogP contribution < -0.4 is 11.1 Å². The minimum atomic E-state index is -0.542. The zero-order valence-corrected chi connectivity index (χ0v) is 10.0. The number of nitrogens with two attached hydrogens (primary N) is 1. The Morgan fingerprint density at radius 3 is 2.83 bits per heavy atom. The molecule has 18 heavy (non-hydrogen) atoms. The van der Waals surface area contributed by atoms with E-state index in [1.807, 2.05) is 0 Å². The number of benzene rings is 1. The van der Waals surface area contributed by atoms with E-state index in [0.29, 0.717) is 6.61 Å². The third-order valence-electron chi connectivity index (χ3n) is 2.18. The van der Waals surface area contributed by atoms with Crippen molar-refractivity contribution in [1.82, 2.24) is 5.32 Å². The number of amides is 1. The van der Waals surface area contributed by atoms with E-state index in [0.717, 1.165) is 6.07 Å². The van der Waals surface area contributed by atoms with Crippen LogP contribution in [0, 0.1) is 5.82 Å². The van der Waals surface area contributed by atoms with Gasteiger partial charge >= 0.3 is 5.97 Å². The van der Waals surface area contributed by atoms with Crippen LogP contribution in [0.1, 0.15) is 23.7 Å². The molecule has 0 fully saturated rings. The highest BCUT2D eigenvalue weighted by molar-refractivity contribution is 5.99. The van der Waals surface area contributed by atoms with Gasteiger partial charge in [-0.05, 0) is 25.1 Å². The quantitative estimate of drug-likeness (QED) is 0.608. The van der Waals surface area contributed by atoms with Crippen molar-refractivity contribution < 1.29 is 18.7 Å². The van der Waals surface area contributed by atoms with E-state index in [1.54, 1.807) is 6.92 Å². The molecule has 0 aromatic heterocycles. The van der Waals surface area contributed by atoms with E-state index >= 15 is 0 Å². The average molecular weight is 254 g/mol. The maximum absolute atomic E-state index is 12.9. The predicted molar refractivity (Wildman–Crippen MR) is 64.4 cm³/mol. The van der Waals surface area contributed by atoms with Gasteiger partial charge in [-0.3, -0.25) is 9.59 Å². The lowest BCUT2D eigenvalue weighted by molar-refractivity contribution is -0.142. The van der Waals surface area contributed by atoms with Crippen molar-refractivity contribution in [3.05, 3.63) is 29.6 Å². The lowest BCUT2D eigenvalue weighted by atomic mass is 10.1. The summed E-state index contributed by atoms with van der Waals surface area (Å²) >= 11 is 0. The molecule has 0 atom stereocenters. The molecule has 1 aromatic carbocycles. The highest BCUT2D eigenvalue weighted by Gasteiger charge is 2.11. The number of rotatable bonds is 5. The van der Waals surface area contributed by atoms with Crippen LogP contribution in [-0.2, 0) is 9.53 Å². The maximum Gasteiger partial charge on any atom is 0.307 e. The average Bonchev–Trinajstić information content (AvgIpc) is 2.32. The first-order chi connectivity index (χ1) is 8.54. The highest BCUT2D eigenvalue weighted by Crippen LogP contribution is 2.12. The van der Waals surface area contributed by atoms with Crippen LogP contribution in [0.4, 0.5) is 10.1 Å². The SMILES string of the molecule is CCOC(=O)CCNC(=O)c1cc(F)ccc1N. The standard InChI is InChI=1S/C12H15FN2O3/c1-2-18-11(16)5-6-15-12(17)9-7-8(13)3-4-10(9)14/h3-4,7H,2,5-6,14H2,1H3,(H,15,17). The Balaban J connectivity index is 2.50. The van der Waals surface area contributed by atoms with Gasteiger partial charge in [0.2, 0.25) is 0 Å². The zero-order valence-electron chi connectivity index (χ0n) is 10.0. The Morgan fingerprint density at radius 2 is 2.17 bits per heavy atom. The molecule has 0 spiro atoms. The lowest BCUT2D eigenvalue weighted by Gasteiger charge is -2.07. The molecule has 1 amide bonds. The first-order valence-electron chi connectivity index (χ1n) is 5.53. The van der Waals surface area contributed by atoms with Crippen molar-refractivity contribution >= 4 is 17.6 Å². The Bertz CT molecular complexity index is 449. The first kappa shape index (κ1) is 14.0. The summed E-state index contributed by atoms with van der Waals surface area (Å²) in [7, 11) is 0. The van der Waals surface area contributed by atoms with Gasteiger partial charge in [-0.15, -0.1) is 0 Å². The molecule has 0 saturated carbocycles. The minimum absolute atomic E-state index is 0.0545. The molecule has 1 aromatic rings. The van der Waals surface area contributed by atoms with E-state index in [1.165, 1.54) is 12.1 Å². The molecule has 3 N–H and O–H groups in total. The van der Waals surface area contributed by atoms with Gasteiger partial charge in [-0.25, -0.2) is 4.39 Å². The second kappa shape index (κ2) is 6.58. The van der Waals surface area contributed by atoms with Gasteiger partial charge in [0, 0.05) is 12.2 Å². The topological polar surface area (TPSA) is 81.4 Å². The van der Waals surface area contributed by atoms with Gasteiger partial charge in [0.05, 0.1) is 18.6 Å². The fraction of sp³-hybridized carbons (Fsp3) is 0.333. The molecule has 0 aliphatic carbocycles. The third-order valence-corrected chi connectivity index (χ3v) is 2.18. The van der Waals surface area contributed by atoms with Gasteiger partial charge < -0.3 is 15.8 Å². The summed E-state index contributed by atoms with van der Waals surface area (Å²) in [6.45, 7) is 2.11. The minimum Gasteiger partial charge on any atom is -0.466 e. The zero-order chi connectivity index (χ0) is 13.5. The molecule has 5 nitrogen and oxygen atoms in total. The van der Waals surface area contributed by atoms with Crippen molar-refractivity contribution in [2.45, 2.75) is 13.3 Å². The molecule has 0 aliphatic heterocycles. The lowest BCUT2D eigenvalue weighted by Crippen LogP contribution is -2.27. The Hall–Kier alpha value is -2.11. The van der Waals surface area contributed by atoms with Crippen LogP contribution in [0.5, 0.6) is 0 Å². The van der Waals surface area contributed by atoms with Gasteiger partial charge in [0.1, 0.15) is 5.82 Å². The van der Waals surface area contributed by atoms with Crippen LogP contribution in [0.2, 0.25) is 0 Å². The first-order valence-corrected chi connectivity index (χ1v) is 5.53. The third kappa shape index (κ3) is 4.04. The van der Waals surface area contributed by atoms with Gasteiger partial charge in [0.15, 0.2) is 0 Å². The number of anilines is 1. The fourth-order valence-corrected chi connectivity index (χ4v) is 1.33. The summed E-state index contributed by atoms with van der Waals surface area (Å²) in [4.78, 5) is 22.7. The molecular weight excluding hydrogens is 239 g/mol. The number of carbonyl (C=O) groups excluding carboxylic acids is 2. The summed E-state index contributed by atoms with van der Waals surface area (Å²) in [6, 6.07) is 3.54. The molecule has 0 unspecified atom stereocenters. The van der Waals surface area contributed by atoms with Gasteiger partial charge in [-0.1, -0.05) is 0 Å². The summed E-state index contributed by atoms with van der Waals surface area (Å²) < 4.78 is 17.6. The van der Waals surface area contributed by atoms with Gasteiger partial charge in [-0.2, -0.15) is 0 Å². The highest BCUT2D eigenvalue weighted by atomic mass is 19.1. The second-order valence-electron chi connectivity index (χ2n) is 3.54. The predicted octanol–water partition coefficient (Wildman–Crippen LogP) is 1.09. The maximum atomic E-state index is 12.9. The molecule has 0 heterocycles. The number of ether oxygens (including phenoxy) is 1.